The molecule has 0 amide bonds. The Morgan fingerprint density at radius 1 is 1.22 bits per heavy atom. The molecule has 2 unspecified atom stereocenters. The summed E-state index contributed by atoms with van der Waals surface area (Å²) < 4.78 is 0. The van der Waals surface area contributed by atoms with Crippen molar-refractivity contribution in [1.29, 1.82) is 5.26 Å². The number of aliphatic imine (C=N–C) groups is 2. The van der Waals surface area contributed by atoms with Crippen LogP contribution in [0.2, 0.25) is 0 Å². The number of piperidine rings is 1. The highest BCUT2D eigenvalue weighted by atomic mass is 15.4. The Balaban J connectivity index is 1.71. The van der Waals surface area contributed by atoms with Gasteiger partial charge in [-0.25, -0.2) is 0 Å². The van der Waals surface area contributed by atoms with Gasteiger partial charge in [-0.2, -0.15) is 5.26 Å². The van der Waals surface area contributed by atoms with Gasteiger partial charge in [0.15, 0.2) is 6.29 Å². The molecule has 32 heavy (non-hydrogen) atoms. The lowest BCUT2D eigenvalue weighted by molar-refractivity contribution is 0.145. The lowest BCUT2D eigenvalue weighted by atomic mass is 9.97. The van der Waals surface area contributed by atoms with E-state index in [1.165, 1.54) is 0 Å². The van der Waals surface area contributed by atoms with Crippen LogP contribution in [0.25, 0.3) is 5.70 Å². The molecule has 1 fully saturated rings. The van der Waals surface area contributed by atoms with E-state index in [0.29, 0.717) is 5.56 Å². The highest BCUT2D eigenvalue weighted by Crippen LogP contribution is 2.29. The summed E-state index contributed by atoms with van der Waals surface area (Å²) in [5.41, 5.74) is 11.5. The van der Waals surface area contributed by atoms with Crippen molar-refractivity contribution in [3.8, 4) is 6.07 Å². The molecule has 0 radical (unpaired) electrons. The Kier molecular flexibility index (Phi) is 6.81. The molecular formula is C24H30N8. The molecule has 3 aliphatic rings. The molecule has 3 aliphatic heterocycles. The minimum absolute atomic E-state index is 0.0453. The van der Waals surface area contributed by atoms with E-state index in [1.54, 1.807) is 0 Å². The van der Waals surface area contributed by atoms with Crippen LogP contribution in [0.5, 0.6) is 0 Å². The average Bonchev–Trinajstić information content (AvgIpc) is 2.84. The molecular weight excluding hydrogens is 400 g/mol. The quantitative estimate of drug-likeness (QED) is 0.560. The highest BCUT2D eigenvalue weighted by Gasteiger charge is 2.28. The van der Waals surface area contributed by atoms with Gasteiger partial charge in [0.1, 0.15) is 0 Å². The van der Waals surface area contributed by atoms with Crippen LogP contribution < -0.4 is 21.7 Å². The molecule has 8 heteroatoms. The van der Waals surface area contributed by atoms with Crippen molar-refractivity contribution in [3.05, 3.63) is 64.5 Å². The third-order valence-corrected chi connectivity index (χ3v) is 6.03. The molecule has 4 rings (SSSR count). The number of nitrogens with zero attached hydrogens (tertiary/aromatic N) is 4. The van der Waals surface area contributed by atoms with Gasteiger partial charge in [-0.3, -0.25) is 14.9 Å². The topological polar surface area (TPSA) is 114 Å². The lowest BCUT2D eigenvalue weighted by Crippen LogP contribution is -2.50. The second-order valence-corrected chi connectivity index (χ2v) is 8.15. The van der Waals surface area contributed by atoms with Gasteiger partial charge in [0, 0.05) is 50.4 Å². The van der Waals surface area contributed by atoms with Crippen molar-refractivity contribution in [2.45, 2.75) is 31.2 Å². The first-order valence-corrected chi connectivity index (χ1v) is 11.0. The first-order chi connectivity index (χ1) is 15.6. The smallest absolute Gasteiger partial charge is 0.176 e. The number of likely N-dealkylation sites (N-methyl/N-ethyl adjacent to an activating group) is 1. The summed E-state index contributed by atoms with van der Waals surface area (Å²) in [4.78, 5) is 11.9. The molecule has 5 N–H and O–H groups in total. The molecule has 0 saturated carbocycles. The van der Waals surface area contributed by atoms with Crippen molar-refractivity contribution in [2.75, 3.05) is 27.2 Å². The summed E-state index contributed by atoms with van der Waals surface area (Å²) in [6.07, 6.45) is 9.66. The van der Waals surface area contributed by atoms with Gasteiger partial charge in [0.05, 0.1) is 29.1 Å². The van der Waals surface area contributed by atoms with Gasteiger partial charge in [0.25, 0.3) is 0 Å². The first kappa shape index (κ1) is 22.0. The van der Waals surface area contributed by atoms with Gasteiger partial charge in [0.2, 0.25) is 0 Å². The highest BCUT2D eigenvalue weighted by molar-refractivity contribution is 5.98. The van der Waals surface area contributed by atoms with Crippen LogP contribution >= 0.6 is 0 Å². The zero-order chi connectivity index (χ0) is 22.5. The molecule has 0 spiro atoms. The summed E-state index contributed by atoms with van der Waals surface area (Å²) in [7, 11) is 3.80. The number of hydrogen-bond donors (Lipinski definition) is 4. The van der Waals surface area contributed by atoms with Gasteiger partial charge in [-0.1, -0.05) is 12.1 Å². The van der Waals surface area contributed by atoms with Crippen LogP contribution in [-0.2, 0) is 0 Å². The number of nitriles is 1. The number of hydrogen-bond acceptors (Lipinski definition) is 8. The van der Waals surface area contributed by atoms with Crippen molar-refractivity contribution in [3.63, 3.8) is 0 Å². The van der Waals surface area contributed by atoms with Gasteiger partial charge < -0.3 is 21.7 Å². The minimum atomic E-state index is -0.151. The van der Waals surface area contributed by atoms with E-state index in [9.17, 15) is 5.26 Å². The molecule has 0 bridgehead atoms. The Bertz CT molecular complexity index is 1020. The van der Waals surface area contributed by atoms with E-state index in [4.69, 9.17) is 15.7 Å². The standard InChI is InChI=1S/C24H30N8/c1-27-13-18-11-21(29-15-22(18)28-2)20-14-30-24(32-9-7-19(26)8-10-32)31-23(20)17-5-3-16(12-25)4-6-17/h3-6,11,13-15,19,22,24,27-28,31H,7-10,26H2,1-2H3/b18-13-. The van der Waals surface area contributed by atoms with Gasteiger partial charge in [-0.15, -0.1) is 0 Å². The second kappa shape index (κ2) is 9.92. The number of benzene rings is 1. The Morgan fingerprint density at radius 3 is 2.62 bits per heavy atom. The molecule has 0 aromatic heterocycles. The molecule has 8 nitrogen and oxygen atoms in total. The van der Waals surface area contributed by atoms with E-state index in [1.807, 2.05) is 57.0 Å². The number of nitrogens with one attached hydrogen (secondary N) is 3. The Hall–Kier alpha value is -3.25. The molecule has 166 valence electrons. The maximum absolute atomic E-state index is 9.19. The number of likely N-dealkylation sites (tertiary alicyclic amines) is 1. The van der Waals surface area contributed by atoms with E-state index in [2.05, 4.69) is 33.0 Å². The molecule has 3 heterocycles. The van der Waals surface area contributed by atoms with Gasteiger partial charge >= 0.3 is 0 Å². The molecule has 1 saturated heterocycles. The van der Waals surface area contributed by atoms with Crippen molar-refractivity contribution in [1.82, 2.24) is 20.9 Å². The van der Waals surface area contributed by atoms with Crippen molar-refractivity contribution < 1.29 is 0 Å². The van der Waals surface area contributed by atoms with Crippen LogP contribution in [0.1, 0.15) is 24.0 Å². The van der Waals surface area contributed by atoms with Crippen molar-refractivity contribution in [2.24, 2.45) is 15.7 Å². The summed E-state index contributed by atoms with van der Waals surface area (Å²) in [6, 6.07) is 10.1. The van der Waals surface area contributed by atoms with Gasteiger partial charge in [-0.05, 0) is 49.2 Å². The molecule has 0 aliphatic carbocycles. The van der Waals surface area contributed by atoms with Crippen LogP contribution in [0, 0.1) is 11.3 Å². The lowest BCUT2D eigenvalue weighted by Gasteiger charge is -2.37. The molecule has 2 atom stereocenters. The predicted molar refractivity (Wildman–Crippen MR) is 129 cm³/mol. The fourth-order valence-electron chi connectivity index (χ4n) is 4.16. The fraction of sp³-hybridized carbons (Fsp3) is 0.375. The summed E-state index contributed by atoms with van der Waals surface area (Å²) >= 11 is 0. The number of allylic oxidation sites excluding steroid dienone is 1. The SMILES string of the molecule is CN/C=C1/C=C(C2=C(c3ccc(C#N)cc3)NC(N3CCC(N)CC3)N=C2)N=CC1NC. The zero-order valence-corrected chi connectivity index (χ0v) is 18.5. The third kappa shape index (κ3) is 4.65. The first-order valence-electron chi connectivity index (χ1n) is 11.0. The monoisotopic (exact) mass is 430 g/mol. The summed E-state index contributed by atoms with van der Waals surface area (Å²) in [5.74, 6) is 0. The molecule has 1 aromatic rings. The predicted octanol–water partition coefficient (Wildman–Crippen LogP) is 1.31. The second-order valence-electron chi connectivity index (χ2n) is 8.15. The van der Waals surface area contributed by atoms with Crippen LogP contribution in [0.3, 0.4) is 0 Å². The van der Waals surface area contributed by atoms with E-state index >= 15 is 0 Å². The minimum Gasteiger partial charge on any atom is -0.394 e. The fourth-order valence-corrected chi connectivity index (χ4v) is 4.16. The van der Waals surface area contributed by atoms with Crippen LogP contribution in [-0.4, -0.2) is 62.9 Å². The van der Waals surface area contributed by atoms with Crippen molar-refractivity contribution >= 4 is 18.1 Å². The van der Waals surface area contributed by atoms with E-state index < -0.39 is 0 Å². The summed E-state index contributed by atoms with van der Waals surface area (Å²) in [5, 5.41) is 19.2. The number of rotatable bonds is 5. The normalized spacial score (nSPS) is 25.4. The van der Waals surface area contributed by atoms with Crippen LogP contribution in [0.15, 0.2) is 63.4 Å². The summed E-state index contributed by atoms with van der Waals surface area (Å²) in [6.45, 7) is 1.82. The Labute approximate surface area is 189 Å². The maximum atomic E-state index is 9.19. The Morgan fingerprint density at radius 2 is 1.97 bits per heavy atom. The zero-order valence-electron chi connectivity index (χ0n) is 18.5. The average molecular weight is 431 g/mol. The largest absolute Gasteiger partial charge is 0.394 e. The number of nitrogens with two attached hydrogens (primary N) is 1. The molecule has 1 aromatic carbocycles. The van der Waals surface area contributed by atoms with E-state index in [-0.39, 0.29) is 18.4 Å². The third-order valence-electron chi connectivity index (χ3n) is 6.03. The van der Waals surface area contributed by atoms with E-state index in [0.717, 1.165) is 54.0 Å². The van der Waals surface area contributed by atoms with Crippen LogP contribution in [0.4, 0.5) is 0 Å². The maximum Gasteiger partial charge on any atom is 0.176 e.